The highest BCUT2D eigenvalue weighted by Gasteiger charge is 2.18. The molecule has 0 radical (unpaired) electrons. The molecule has 0 aromatic heterocycles. The van der Waals surface area contributed by atoms with E-state index in [0.717, 1.165) is 6.07 Å². The lowest BCUT2D eigenvalue weighted by Crippen LogP contribution is -2.33. The monoisotopic (exact) mass is 272 g/mol. The lowest BCUT2D eigenvalue weighted by molar-refractivity contribution is -0.384. The Kier molecular flexibility index (Phi) is 4.26. The van der Waals surface area contributed by atoms with Gasteiger partial charge < -0.3 is 0 Å². The summed E-state index contributed by atoms with van der Waals surface area (Å²) in [6.07, 6.45) is 0. The minimum atomic E-state index is -0.649. The van der Waals surface area contributed by atoms with E-state index in [9.17, 15) is 14.9 Å². The van der Waals surface area contributed by atoms with E-state index in [1.807, 2.05) is 0 Å². The fourth-order valence-corrected chi connectivity index (χ4v) is 1.24. The summed E-state index contributed by atoms with van der Waals surface area (Å²) < 4.78 is 0. The largest absolute Gasteiger partial charge is 0.288 e. The zero-order valence-electron chi connectivity index (χ0n) is 10.2. The van der Waals surface area contributed by atoms with Crippen molar-refractivity contribution < 1.29 is 14.6 Å². The van der Waals surface area contributed by atoms with Crippen LogP contribution < -0.4 is 5.48 Å². The summed E-state index contributed by atoms with van der Waals surface area (Å²) in [5.74, 6) is -0.565. The SMILES string of the molecule is CC(C)(C)ONC(=O)c1ccc(Cl)c([N+](=O)[O-])c1. The molecule has 1 aromatic rings. The van der Waals surface area contributed by atoms with Gasteiger partial charge in [-0.05, 0) is 32.9 Å². The Bertz CT molecular complexity index is 482. The number of nitrogens with zero attached hydrogens (tertiary/aromatic N) is 1. The third-order valence-electron chi connectivity index (χ3n) is 1.85. The van der Waals surface area contributed by atoms with Gasteiger partial charge in [-0.3, -0.25) is 19.7 Å². The van der Waals surface area contributed by atoms with Crippen molar-refractivity contribution in [2.24, 2.45) is 0 Å². The number of hydrogen-bond donors (Lipinski definition) is 1. The summed E-state index contributed by atoms with van der Waals surface area (Å²) in [4.78, 5) is 26.8. The maximum absolute atomic E-state index is 11.7. The van der Waals surface area contributed by atoms with Gasteiger partial charge in [0.15, 0.2) is 0 Å². The minimum Gasteiger partial charge on any atom is -0.268 e. The van der Waals surface area contributed by atoms with Gasteiger partial charge in [0.25, 0.3) is 11.6 Å². The van der Waals surface area contributed by atoms with Gasteiger partial charge in [-0.1, -0.05) is 11.6 Å². The maximum atomic E-state index is 11.7. The highest BCUT2D eigenvalue weighted by Crippen LogP contribution is 2.25. The number of benzene rings is 1. The molecule has 0 unspecified atom stereocenters. The molecule has 0 fully saturated rings. The fourth-order valence-electron chi connectivity index (χ4n) is 1.05. The van der Waals surface area contributed by atoms with E-state index in [1.54, 1.807) is 20.8 Å². The Hall–Kier alpha value is -1.66. The van der Waals surface area contributed by atoms with E-state index in [0.29, 0.717) is 0 Å². The molecule has 6 nitrogen and oxygen atoms in total. The first-order valence-electron chi connectivity index (χ1n) is 5.13. The van der Waals surface area contributed by atoms with Crippen LogP contribution in [0, 0.1) is 10.1 Å². The second-order valence-corrected chi connectivity index (χ2v) is 4.98. The first-order chi connectivity index (χ1) is 8.20. The van der Waals surface area contributed by atoms with Gasteiger partial charge in [-0.15, -0.1) is 0 Å². The Morgan fingerprint density at radius 3 is 2.56 bits per heavy atom. The number of rotatable bonds is 3. The molecule has 1 rings (SSSR count). The van der Waals surface area contributed by atoms with Crippen molar-refractivity contribution in [3.8, 4) is 0 Å². The molecule has 0 saturated heterocycles. The number of nitro benzene ring substituents is 1. The second kappa shape index (κ2) is 5.32. The zero-order valence-corrected chi connectivity index (χ0v) is 10.9. The normalized spacial score (nSPS) is 11.1. The highest BCUT2D eigenvalue weighted by atomic mass is 35.5. The lowest BCUT2D eigenvalue weighted by Gasteiger charge is -2.18. The number of halogens is 1. The molecule has 1 amide bonds. The van der Waals surface area contributed by atoms with Crippen LogP contribution in [0.5, 0.6) is 0 Å². The van der Waals surface area contributed by atoms with Gasteiger partial charge in [-0.25, -0.2) is 5.48 Å². The molecular weight excluding hydrogens is 260 g/mol. The lowest BCUT2D eigenvalue weighted by atomic mass is 10.2. The highest BCUT2D eigenvalue weighted by molar-refractivity contribution is 6.32. The molecule has 18 heavy (non-hydrogen) atoms. The topological polar surface area (TPSA) is 81.5 Å². The Balaban J connectivity index is 2.87. The minimum absolute atomic E-state index is 0.0201. The number of hydroxylamine groups is 1. The predicted octanol–water partition coefficient (Wildman–Crippen LogP) is 2.71. The third-order valence-corrected chi connectivity index (χ3v) is 2.17. The van der Waals surface area contributed by atoms with Gasteiger partial charge in [0.1, 0.15) is 5.02 Å². The molecule has 0 atom stereocenters. The molecule has 0 saturated carbocycles. The van der Waals surface area contributed by atoms with Gasteiger partial charge >= 0.3 is 0 Å². The summed E-state index contributed by atoms with van der Waals surface area (Å²) in [6.45, 7) is 5.28. The molecule has 0 bridgehead atoms. The first kappa shape index (κ1) is 14.4. The van der Waals surface area contributed by atoms with Crippen LogP contribution >= 0.6 is 11.6 Å². The van der Waals surface area contributed by atoms with Crippen LogP contribution in [0.3, 0.4) is 0 Å². The summed E-state index contributed by atoms with van der Waals surface area (Å²) in [5.41, 5.74) is 1.46. The average molecular weight is 273 g/mol. The number of carbonyl (C=O) groups excluding carboxylic acids is 1. The van der Waals surface area contributed by atoms with Crippen LogP contribution in [0.2, 0.25) is 5.02 Å². The van der Waals surface area contributed by atoms with E-state index in [4.69, 9.17) is 16.4 Å². The molecule has 0 aliphatic heterocycles. The quantitative estimate of drug-likeness (QED) is 0.677. The number of amides is 1. The van der Waals surface area contributed by atoms with Crippen LogP contribution in [0.4, 0.5) is 5.69 Å². The number of nitrogens with one attached hydrogen (secondary N) is 1. The average Bonchev–Trinajstić information content (AvgIpc) is 2.25. The van der Waals surface area contributed by atoms with Gasteiger partial charge in [0, 0.05) is 11.6 Å². The molecule has 1 aromatic carbocycles. The fraction of sp³-hybridized carbons (Fsp3) is 0.364. The summed E-state index contributed by atoms with van der Waals surface area (Å²) >= 11 is 5.64. The zero-order chi connectivity index (χ0) is 13.9. The summed E-state index contributed by atoms with van der Waals surface area (Å²) in [6, 6.07) is 3.78. The third kappa shape index (κ3) is 3.97. The maximum Gasteiger partial charge on any atom is 0.288 e. The Labute approximate surface area is 109 Å². The van der Waals surface area contributed by atoms with Crippen LogP contribution in [0.1, 0.15) is 31.1 Å². The van der Waals surface area contributed by atoms with Crippen LogP contribution in [0.15, 0.2) is 18.2 Å². The van der Waals surface area contributed by atoms with Crippen molar-refractivity contribution in [3.63, 3.8) is 0 Å². The molecule has 7 heteroatoms. The van der Waals surface area contributed by atoms with Gasteiger partial charge in [-0.2, -0.15) is 0 Å². The number of hydrogen-bond acceptors (Lipinski definition) is 4. The van der Waals surface area contributed by atoms with Gasteiger partial charge in [0.05, 0.1) is 10.5 Å². The second-order valence-electron chi connectivity index (χ2n) is 4.57. The van der Waals surface area contributed by atoms with Crippen molar-refractivity contribution in [1.82, 2.24) is 5.48 Å². The van der Waals surface area contributed by atoms with E-state index < -0.39 is 16.4 Å². The van der Waals surface area contributed by atoms with Crippen molar-refractivity contribution >= 4 is 23.2 Å². The molecule has 98 valence electrons. The molecule has 0 spiro atoms. The molecule has 1 N–H and O–H groups in total. The standard InChI is InChI=1S/C11H13ClN2O4/c1-11(2,3)18-13-10(15)7-4-5-8(12)9(6-7)14(16)17/h4-6H,1-3H3,(H,13,15). The Morgan fingerprint density at radius 1 is 1.44 bits per heavy atom. The van der Waals surface area contributed by atoms with E-state index in [-0.39, 0.29) is 16.3 Å². The van der Waals surface area contributed by atoms with Crippen molar-refractivity contribution in [2.45, 2.75) is 26.4 Å². The van der Waals surface area contributed by atoms with Crippen molar-refractivity contribution in [1.29, 1.82) is 0 Å². The van der Waals surface area contributed by atoms with Crippen LogP contribution in [0.25, 0.3) is 0 Å². The number of carbonyl (C=O) groups is 1. The molecule has 0 heterocycles. The van der Waals surface area contributed by atoms with E-state index >= 15 is 0 Å². The van der Waals surface area contributed by atoms with E-state index in [1.165, 1.54) is 12.1 Å². The van der Waals surface area contributed by atoms with Crippen molar-refractivity contribution in [3.05, 3.63) is 38.9 Å². The summed E-state index contributed by atoms with van der Waals surface area (Å²) in [5, 5.41) is 10.7. The van der Waals surface area contributed by atoms with Gasteiger partial charge in [0.2, 0.25) is 0 Å². The van der Waals surface area contributed by atoms with Crippen molar-refractivity contribution in [2.75, 3.05) is 0 Å². The first-order valence-corrected chi connectivity index (χ1v) is 5.51. The smallest absolute Gasteiger partial charge is 0.268 e. The predicted molar refractivity (Wildman–Crippen MR) is 66.4 cm³/mol. The Morgan fingerprint density at radius 2 is 2.06 bits per heavy atom. The summed E-state index contributed by atoms with van der Waals surface area (Å²) in [7, 11) is 0. The molecular formula is C11H13ClN2O4. The van der Waals surface area contributed by atoms with Crippen LogP contribution in [-0.4, -0.2) is 16.4 Å². The number of nitro groups is 1. The van der Waals surface area contributed by atoms with Crippen LogP contribution in [-0.2, 0) is 4.84 Å². The molecule has 0 aliphatic carbocycles. The van der Waals surface area contributed by atoms with E-state index in [2.05, 4.69) is 5.48 Å². The molecule has 0 aliphatic rings.